The van der Waals surface area contributed by atoms with Crippen LogP contribution in [0.5, 0.6) is 11.5 Å². The van der Waals surface area contributed by atoms with Gasteiger partial charge in [-0.3, -0.25) is 13.7 Å². The minimum Gasteiger partial charge on any atom is -0.458 e. The van der Waals surface area contributed by atoms with Crippen molar-refractivity contribution in [2.24, 2.45) is 0 Å². The van der Waals surface area contributed by atoms with Crippen LogP contribution in [0.25, 0.3) is 83.4 Å². The van der Waals surface area contributed by atoms with Gasteiger partial charge in [-0.1, -0.05) is 190 Å². The highest BCUT2D eigenvalue weighted by Crippen LogP contribution is 2.38. The van der Waals surface area contributed by atoms with E-state index in [0.717, 1.165) is 38.5 Å². The fourth-order valence-electron chi connectivity index (χ4n) is 9.22. The molecular weight excluding hydrogens is 841 g/mol. The molecule has 0 atom stereocenters. The molecule has 12 rings (SSSR count). The molecule has 0 saturated heterocycles. The van der Waals surface area contributed by atoms with Crippen LogP contribution in [0.15, 0.2) is 243 Å². The van der Waals surface area contributed by atoms with Gasteiger partial charge in [0.1, 0.15) is 17.3 Å². The summed E-state index contributed by atoms with van der Waals surface area (Å²) < 4.78 is 119. The van der Waals surface area contributed by atoms with Crippen LogP contribution in [-0.2, 0) is 11.8 Å². The van der Waals surface area contributed by atoms with Crippen molar-refractivity contribution in [3.63, 3.8) is 0 Å². The monoisotopic (exact) mass is 900 g/mol. The van der Waals surface area contributed by atoms with Crippen LogP contribution in [0, 0.1) is 6.33 Å². The Hall–Kier alpha value is -8.80. The smallest absolute Gasteiger partial charge is 0.269 e. The summed E-state index contributed by atoms with van der Waals surface area (Å²) in [6.45, 7) is 3.82. The number of ether oxygens (including phenoxy) is 1. The molecule has 0 saturated carbocycles. The Morgan fingerprint density at radius 2 is 1.23 bits per heavy atom. The van der Waals surface area contributed by atoms with E-state index in [2.05, 4.69) is 6.33 Å². The molecule has 3 aromatic heterocycles. The van der Waals surface area contributed by atoms with Crippen molar-refractivity contribution in [1.29, 1.82) is 0 Å². The van der Waals surface area contributed by atoms with Crippen molar-refractivity contribution in [2.45, 2.75) is 25.6 Å². The molecule has 0 fully saturated rings. The molecule has 0 amide bonds. The van der Waals surface area contributed by atoms with E-state index in [-0.39, 0.29) is 27.9 Å². The zero-order chi connectivity index (χ0) is 56.8. The molecule has 0 aliphatic carbocycles. The molecule has 0 bridgehead atoms. The van der Waals surface area contributed by atoms with Gasteiger partial charge in [0.25, 0.3) is 6.33 Å². The number of rotatable bonds is 11. The van der Waals surface area contributed by atoms with E-state index in [9.17, 15) is 2.74 Å². The number of aromatic nitrogens is 4. The van der Waals surface area contributed by atoms with Crippen molar-refractivity contribution in [2.75, 3.05) is 0 Å². The molecule has 69 heavy (non-hydrogen) atoms. The lowest BCUT2D eigenvalue weighted by atomic mass is 9.79. The highest BCUT2D eigenvalue weighted by Gasteiger charge is 2.23. The maximum absolute atomic E-state index is 9.54. The summed E-state index contributed by atoms with van der Waals surface area (Å²) in [7, 11) is 0. The average Bonchev–Trinajstić information content (AvgIpc) is 4.06. The van der Waals surface area contributed by atoms with Gasteiger partial charge in [-0.25, -0.2) is 4.98 Å². The summed E-state index contributed by atoms with van der Waals surface area (Å²) >= 11 is 0. The second-order valence-corrected chi connectivity index (χ2v) is 17.2. The molecule has 3 heterocycles. The Balaban J connectivity index is 1.03. The van der Waals surface area contributed by atoms with Gasteiger partial charge in [-0.15, -0.1) is 0 Å². The first-order valence-electron chi connectivity index (χ1n) is 28.5. The Morgan fingerprint density at radius 3 is 1.99 bits per heavy atom. The molecule has 9 aromatic carbocycles. The van der Waals surface area contributed by atoms with E-state index in [1.807, 2.05) is 170 Å². The summed E-state index contributed by atoms with van der Waals surface area (Å²) in [6.07, 6.45) is 3.36. The lowest BCUT2D eigenvalue weighted by molar-refractivity contribution is -0.571. The molecular formula is C64H48N4O. The predicted octanol–water partition coefficient (Wildman–Crippen LogP) is 15.5. The van der Waals surface area contributed by atoms with Crippen molar-refractivity contribution in [3.05, 3.63) is 260 Å². The Labute approximate surface area is 419 Å². The van der Waals surface area contributed by atoms with E-state index in [1.165, 1.54) is 0 Å². The summed E-state index contributed by atoms with van der Waals surface area (Å²) in [5, 5.41) is 1.91. The van der Waals surface area contributed by atoms with Crippen molar-refractivity contribution in [1.82, 2.24) is 14.1 Å². The zero-order valence-electron chi connectivity index (χ0n) is 49.5. The van der Waals surface area contributed by atoms with Gasteiger partial charge in [0.2, 0.25) is 0 Å². The van der Waals surface area contributed by atoms with Gasteiger partial charge in [-0.2, -0.15) is 0 Å². The third-order valence-electron chi connectivity index (χ3n) is 12.4. The zero-order valence-corrected chi connectivity index (χ0v) is 37.5. The lowest BCUT2D eigenvalue weighted by Gasteiger charge is -2.25. The maximum atomic E-state index is 9.54. The van der Waals surface area contributed by atoms with Gasteiger partial charge >= 0.3 is 0 Å². The summed E-state index contributed by atoms with van der Waals surface area (Å²) in [6, 6.07) is 49.3. The fraction of sp³-hybridized carbons (Fsp3) is 0.0625. The predicted molar refractivity (Wildman–Crippen MR) is 282 cm³/mol. The summed E-state index contributed by atoms with van der Waals surface area (Å²) in [5.74, 6) is 1.48. The SMILES string of the molecule is [2H]c1c([2H])c([2H])c(-c2cccc(-c3c([2H])c([2H])c([2H])c([2H])c3[2H])c2-[n+]2[c-]n(-c3cccc(Oc4ccc5c6ccccc6n(-c6cc(C([2H])([2H])C(C)(C)c7ccccc7)ccn6)c5c4)c3)c3cc(-c4ccccc4)ccc32)c([2H])c1[2H]. The van der Waals surface area contributed by atoms with Crippen LogP contribution in [0.4, 0.5) is 0 Å². The van der Waals surface area contributed by atoms with Crippen LogP contribution < -0.4 is 9.30 Å². The van der Waals surface area contributed by atoms with Gasteiger partial charge in [0.05, 0.1) is 47.1 Å². The van der Waals surface area contributed by atoms with E-state index < -0.39 is 72.2 Å². The first-order chi connectivity index (χ1) is 38.9. The number of nitrogens with zero attached hydrogens (tertiary/aromatic N) is 4. The number of hydrogen-bond acceptors (Lipinski definition) is 2. The van der Waals surface area contributed by atoms with Crippen molar-refractivity contribution in [3.8, 4) is 62.1 Å². The molecule has 0 aliphatic rings. The number of benzene rings is 9. The van der Waals surface area contributed by atoms with Gasteiger partial charge in [-0.05, 0) is 111 Å². The minimum absolute atomic E-state index is 0.130. The highest BCUT2D eigenvalue weighted by molar-refractivity contribution is 6.09. The van der Waals surface area contributed by atoms with Crippen LogP contribution >= 0.6 is 0 Å². The third kappa shape index (κ3) is 7.84. The summed E-state index contributed by atoms with van der Waals surface area (Å²) in [4.78, 5) is 4.83. The quantitative estimate of drug-likeness (QED) is 0.0958. The number of para-hydroxylation sites is 2. The third-order valence-corrected chi connectivity index (χ3v) is 12.4. The van der Waals surface area contributed by atoms with E-state index in [1.54, 1.807) is 39.6 Å². The maximum Gasteiger partial charge on any atom is 0.269 e. The Kier molecular flexibility index (Phi) is 7.71. The highest BCUT2D eigenvalue weighted by atomic mass is 16.5. The fourth-order valence-corrected chi connectivity index (χ4v) is 9.22. The molecule has 5 nitrogen and oxygen atoms in total. The first-order valence-corrected chi connectivity index (χ1v) is 22.5. The van der Waals surface area contributed by atoms with Crippen LogP contribution in [0.1, 0.15) is 41.4 Å². The molecule has 0 N–H and O–H groups in total. The number of hydrogen-bond donors (Lipinski definition) is 0. The largest absolute Gasteiger partial charge is 0.458 e. The Morgan fingerprint density at radius 1 is 0.565 bits per heavy atom. The topological polar surface area (TPSA) is 35.9 Å². The summed E-state index contributed by atoms with van der Waals surface area (Å²) in [5.41, 5.74) is 5.67. The van der Waals surface area contributed by atoms with Crippen LogP contribution in [-0.4, -0.2) is 14.1 Å². The number of pyridine rings is 1. The van der Waals surface area contributed by atoms with E-state index >= 15 is 0 Å². The molecule has 5 heteroatoms. The molecule has 0 unspecified atom stereocenters. The number of fused-ring (bicyclic) bond motifs is 4. The second kappa shape index (κ2) is 17.4. The number of imidazole rings is 1. The van der Waals surface area contributed by atoms with Crippen LogP contribution in [0.3, 0.4) is 0 Å². The molecule has 0 radical (unpaired) electrons. The van der Waals surface area contributed by atoms with E-state index in [0.29, 0.717) is 39.6 Å². The Bertz CT molecular complexity index is 4370. The van der Waals surface area contributed by atoms with Gasteiger partial charge in [0, 0.05) is 25.8 Å². The molecule has 0 aliphatic heterocycles. The average molecular weight is 901 g/mol. The molecule has 12 aromatic rings. The second-order valence-electron chi connectivity index (χ2n) is 17.2. The minimum atomic E-state index is -1.80. The van der Waals surface area contributed by atoms with Crippen molar-refractivity contribution >= 4 is 32.8 Å². The lowest BCUT2D eigenvalue weighted by Crippen LogP contribution is -2.31. The van der Waals surface area contributed by atoms with E-state index in [4.69, 9.17) is 23.4 Å². The van der Waals surface area contributed by atoms with Gasteiger partial charge in [0.15, 0.2) is 0 Å². The first kappa shape index (κ1) is 30.5. The molecule has 0 spiro atoms. The molecule has 330 valence electrons. The normalized spacial score (nSPS) is 14.3. The van der Waals surface area contributed by atoms with Gasteiger partial charge < -0.3 is 4.74 Å². The van der Waals surface area contributed by atoms with Crippen molar-refractivity contribution < 1.29 is 25.8 Å². The van der Waals surface area contributed by atoms with Crippen LogP contribution in [0.2, 0.25) is 0 Å². The standard InChI is InChI=1S/C64H48N4O/c1-64(2,50-25-13-6-14-26-50)43-45-37-38-65-62(39-45)68-58-32-16-15-29-56(58)57-35-34-53(42-60(57)68)69-52-28-17-27-51(41-52)66-44-67(59-36-33-49(40-61(59)66)46-19-7-3-8-20-46)63-54(47-21-9-4-10-22-47)30-18-31-55(63)48-23-11-5-12-24-48/h3-42H,43H2,1-2H3/i4D,5D,9D,10D,11D,12D,21D,22D,23D,24D,43D2.